The summed E-state index contributed by atoms with van der Waals surface area (Å²) in [6.07, 6.45) is 0.323. The molecule has 6 heteroatoms. The van der Waals surface area contributed by atoms with Gasteiger partial charge in [-0.3, -0.25) is 14.4 Å². The van der Waals surface area contributed by atoms with Crippen molar-refractivity contribution in [3.8, 4) is 0 Å². The van der Waals surface area contributed by atoms with Gasteiger partial charge >= 0.3 is 5.97 Å². The highest BCUT2D eigenvalue weighted by atomic mass is 16.4. The van der Waals surface area contributed by atoms with Crippen LogP contribution >= 0.6 is 0 Å². The molecule has 0 saturated heterocycles. The average molecular weight is 304 g/mol. The van der Waals surface area contributed by atoms with E-state index in [9.17, 15) is 14.4 Å². The minimum absolute atomic E-state index is 0.0125. The summed E-state index contributed by atoms with van der Waals surface area (Å²) in [4.78, 5) is 36.4. The van der Waals surface area contributed by atoms with Crippen molar-refractivity contribution in [3.63, 3.8) is 0 Å². The number of aliphatic carboxylic acids is 1. The molecular formula is C16H20N2O4. The van der Waals surface area contributed by atoms with E-state index in [0.29, 0.717) is 18.5 Å². The van der Waals surface area contributed by atoms with Crippen LogP contribution in [0.1, 0.15) is 42.6 Å². The molecule has 0 bridgehead atoms. The van der Waals surface area contributed by atoms with Gasteiger partial charge in [0, 0.05) is 24.1 Å². The Hall–Kier alpha value is -2.37. The third kappa shape index (κ3) is 3.84. The molecule has 1 aliphatic rings. The minimum Gasteiger partial charge on any atom is -0.481 e. The zero-order valence-electron chi connectivity index (χ0n) is 12.8. The topological polar surface area (TPSA) is 86.7 Å². The number of hydrogen-bond donors (Lipinski definition) is 2. The summed E-state index contributed by atoms with van der Waals surface area (Å²) in [5.41, 5.74) is 0.941. The lowest BCUT2D eigenvalue weighted by Crippen LogP contribution is -2.48. The number of amides is 2. The molecule has 6 nitrogen and oxygen atoms in total. The van der Waals surface area contributed by atoms with E-state index in [1.165, 1.54) is 4.90 Å². The maximum Gasteiger partial charge on any atom is 0.303 e. The molecule has 2 N–H and O–H groups in total. The zero-order valence-corrected chi connectivity index (χ0v) is 12.8. The largest absolute Gasteiger partial charge is 0.481 e. The highest BCUT2D eigenvalue weighted by molar-refractivity contribution is 6.00. The Labute approximate surface area is 129 Å². The fourth-order valence-electron chi connectivity index (χ4n) is 2.51. The first kappa shape index (κ1) is 16.0. The number of carboxylic acids is 1. The molecule has 118 valence electrons. The van der Waals surface area contributed by atoms with E-state index >= 15 is 0 Å². The van der Waals surface area contributed by atoms with Crippen LogP contribution in [0.5, 0.6) is 0 Å². The molecule has 1 aromatic carbocycles. The SMILES string of the molecule is CC(C)(CCC(=O)O)NC(=O)CN1Cc2ccccc2C1=O. The van der Waals surface area contributed by atoms with Gasteiger partial charge in [0.15, 0.2) is 0 Å². The van der Waals surface area contributed by atoms with Gasteiger partial charge in [-0.2, -0.15) is 0 Å². The van der Waals surface area contributed by atoms with Gasteiger partial charge in [-0.1, -0.05) is 18.2 Å². The number of nitrogens with zero attached hydrogens (tertiary/aromatic N) is 1. The summed E-state index contributed by atoms with van der Waals surface area (Å²) in [5, 5.41) is 11.5. The second-order valence-corrected chi connectivity index (χ2v) is 6.14. The molecule has 1 aromatic rings. The number of hydrogen-bond acceptors (Lipinski definition) is 3. The predicted octanol–water partition coefficient (Wildman–Crippen LogP) is 1.40. The Balaban J connectivity index is 1.91. The van der Waals surface area contributed by atoms with Gasteiger partial charge in [0.1, 0.15) is 6.54 Å². The number of carboxylic acid groups (broad SMARTS) is 1. The number of fused-ring (bicyclic) bond motifs is 1. The summed E-state index contributed by atoms with van der Waals surface area (Å²) in [5.74, 6) is -1.32. The monoisotopic (exact) mass is 304 g/mol. The van der Waals surface area contributed by atoms with Crippen molar-refractivity contribution in [1.29, 1.82) is 0 Å². The van der Waals surface area contributed by atoms with Gasteiger partial charge in [0.2, 0.25) is 5.91 Å². The highest BCUT2D eigenvalue weighted by Gasteiger charge is 2.29. The average Bonchev–Trinajstić information content (AvgIpc) is 2.73. The summed E-state index contributed by atoms with van der Waals surface area (Å²) >= 11 is 0. The molecule has 0 spiro atoms. The molecule has 0 radical (unpaired) electrons. The van der Waals surface area contributed by atoms with Crippen LogP contribution in [0, 0.1) is 0 Å². The van der Waals surface area contributed by atoms with Crippen LogP contribution in [0.4, 0.5) is 0 Å². The Morgan fingerprint density at radius 3 is 2.64 bits per heavy atom. The van der Waals surface area contributed by atoms with Crippen molar-refractivity contribution in [1.82, 2.24) is 10.2 Å². The molecule has 0 unspecified atom stereocenters. The molecule has 0 saturated carbocycles. The normalized spacial score (nSPS) is 13.9. The van der Waals surface area contributed by atoms with Crippen molar-refractivity contribution >= 4 is 17.8 Å². The predicted molar refractivity (Wildman–Crippen MR) is 80.3 cm³/mol. The maximum absolute atomic E-state index is 12.2. The lowest BCUT2D eigenvalue weighted by molar-refractivity contribution is -0.137. The van der Waals surface area contributed by atoms with Crippen molar-refractivity contribution in [3.05, 3.63) is 35.4 Å². The quantitative estimate of drug-likeness (QED) is 0.831. The van der Waals surface area contributed by atoms with Crippen LogP contribution in [-0.2, 0) is 16.1 Å². The van der Waals surface area contributed by atoms with Gasteiger partial charge in [-0.25, -0.2) is 0 Å². The van der Waals surface area contributed by atoms with Crippen LogP contribution < -0.4 is 5.32 Å². The van der Waals surface area contributed by atoms with Crippen LogP contribution in [0.15, 0.2) is 24.3 Å². The van der Waals surface area contributed by atoms with Crippen molar-refractivity contribution in [2.24, 2.45) is 0 Å². The molecule has 2 amide bonds. The Morgan fingerprint density at radius 2 is 2.00 bits per heavy atom. The maximum atomic E-state index is 12.2. The molecule has 2 rings (SSSR count). The van der Waals surface area contributed by atoms with E-state index in [4.69, 9.17) is 5.11 Å². The van der Waals surface area contributed by atoms with Crippen LogP contribution in [0.3, 0.4) is 0 Å². The van der Waals surface area contributed by atoms with E-state index in [1.807, 2.05) is 12.1 Å². The smallest absolute Gasteiger partial charge is 0.303 e. The van der Waals surface area contributed by atoms with Gasteiger partial charge in [-0.15, -0.1) is 0 Å². The van der Waals surface area contributed by atoms with Gasteiger partial charge < -0.3 is 15.3 Å². The van der Waals surface area contributed by atoms with Crippen molar-refractivity contribution in [2.45, 2.75) is 38.8 Å². The van der Waals surface area contributed by atoms with Crippen molar-refractivity contribution < 1.29 is 19.5 Å². The number of rotatable bonds is 6. The van der Waals surface area contributed by atoms with E-state index in [1.54, 1.807) is 26.0 Å². The second-order valence-electron chi connectivity index (χ2n) is 6.14. The number of nitrogens with one attached hydrogen (secondary N) is 1. The zero-order chi connectivity index (χ0) is 16.3. The van der Waals surface area contributed by atoms with Crippen LogP contribution in [0.25, 0.3) is 0 Å². The minimum atomic E-state index is -0.896. The lowest BCUT2D eigenvalue weighted by atomic mass is 9.98. The highest BCUT2D eigenvalue weighted by Crippen LogP contribution is 2.22. The molecule has 0 aliphatic carbocycles. The molecule has 1 aliphatic heterocycles. The fourth-order valence-corrected chi connectivity index (χ4v) is 2.51. The molecule has 0 fully saturated rings. The second kappa shape index (κ2) is 6.17. The van der Waals surface area contributed by atoms with E-state index in [0.717, 1.165) is 5.56 Å². The number of carbonyl (C=O) groups excluding carboxylic acids is 2. The summed E-state index contributed by atoms with van der Waals surface area (Å²) in [6, 6.07) is 7.30. The van der Waals surface area contributed by atoms with Crippen molar-refractivity contribution in [2.75, 3.05) is 6.54 Å². The Bertz CT molecular complexity index is 610. The van der Waals surface area contributed by atoms with Gasteiger partial charge in [0.05, 0.1) is 0 Å². The Morgan fingerprint density at radius 1 is 1.32 bits per heavy atom. The van der Waals surface area contributed by atoms with Gasteiger partial charge in [-0.05, 0) is 31.9 Å². The number of benzene rings is 1. The summed E-state index contributed by atoms with van der Waals surface area (Å²) in [7, 11) is 0. The molecule has 0 aromatic heterocycles. The molecular weight excluding hydrogens is 284 g/mol. The van der Waals surface area contributed by atoms with E-state index < -0.39 is 11.5 Å². The van der Waals surface area contributed by atoms with E-state index in [2.05, 4.69) is 5.32 Å². The summed E-state index contributed by atoms with van der Waals surface area (Å²) in [6.45, 7) is 3.95. The first-order chi connectivity index (χ1) is 10.3. The van der Waals surface area contributed by atoms with Crippen LogP contribution in [-0.4, -0.2) is 39.9 Å². The first-order valence-electron chi connectivity index (χ1n) is 7.18. The third-order valence-corrected chi connectivity index (χ3v) is 3.67. The van der Waals surface area contributed by atoms with Crippen LogP contribution in [0.2, 0.25) is 0 Å². The first-order valence-corrected chi connectivity index (χ1v) is 7.18. The molecule has 1 heterocycles. The van der Waals surface area contributed by atoms with E-state index in [-0.39, 0.29) is 24.8 Å². The number of carbonyl (C=O) groups is 3. The van der Waals surface area contributed by atoms with Gasteiger partial charge in [0.25, 0.3) is 5.91 Å². The molecule has 0 atom stereocenters. The molecule has 22 heavy (non-hydrogen) atoms. The third-order valence-electron chi connectivity index (χ3n) is 3.67. The Kier molecular flexibility index (Phi) is 4.49. The standard InChI is InChI=1S/C16H20N2O4/c1-16(2,8-7-14(20)21)17-13(19)10-18-9-11-5-3-4-6-12(11)15(18)22/h3-6H,7-10H2,1-2H3,(H,17,19)(H,20,21). The summed E-state index contributed by atoms with van der Waals surface area (Å²) < 4.78 is 0. The fraction of sp³-hybridized carbons (Fsp3) is 0.438. The lowest BCUT2D eigenvalue weighted by Gasteiger charge is -2.27.